The SMILES string of the molecule is NC(=O)CCC(N)C(=O)NCCSCc1cnccc1SC1=C(C(=O)O)N2C(=O)[C@@H](NC(=O)/C(=N\O)c3nc(N)sc3Cl)[C@H]2SC1. The number of nitrogens with zero attached hydrogens (tertiary/aromatic N) is 4. The first kappa shape index (κ1) is 35.3. The number of halogens is 1. The number of amides is 4. The number of nitrogens with two attached hydrogens (primary N) is 3. The number of hydrogen-bond acceptors (Lipinski definition) is 15. The lowest BCUT2D eigenvalue weighted by Gasteiger charge is -2.49. The normalized spacial score (nSPS) is 18.4. The number of thiazole rings is 1. The molecule has 0 aromatic carbocycles. The van der Waals surface area contributed by atoms with Crippen LogP contribution in [0.1, 0.15) is 24.1 Å². The molecule has 2 aromatic rings. The molecule has 4 rings (SSSR count). The molecule has 46 heavy (non-hydrogen) atoms. The van der Waals surface area contributed by atoms with Crippen molar-refractivity contribution in [2.24, 2.45) is 16.6 Å². The van der Waals surface area contributed by atoms with Gasteiger partial charge in [0.15, 0.2) is 10.8 Å². The first-order valence-electron chi connectivity index (χ1n) is 13.3. The number of thioether (sulfide) groups is 3. The van der Waals surface area contributed by atoms with Crippen LogP contribution in [0.2, 0.25) is 4.34 Å². The standard InChI is InChI=1S/C25H28ClN9O7S4/c26-19-15(33-25(29)46-19)16(34-42)21(38)32-17-22(39)35-18(24(40)41)13(9-44-23(17)35)45-12-3-4-30-7-10(12)8-43-6-5-31-20(37)11(27)1-2-14(28)36/h3-4,7,11,17,23,42H,1-2,5-6,8-9,27H2,(H2,28,36)(H2,29,33)(H,31,37)(H,32,38)(H,40,41)/b34-16-/t11?,17-,23-/m1/s1. The molecule has 2 aliphatic rings. The van der Waals surface area contributed by atoms with E-state index in [1.807, 2.05) is 0 Å². The topological polar surface area (TPSA) is 269 Å². The van der Waals surface area contributed by atoms with Gasteiger partial charge in [-0.3, -0.25) is 29.1 Å². The highest BCUT2D eigenvalue weighted by atomic mass is 35.5. The van der Waals surface area contributed by atoms with Crippen molar-refractivity contribution in [3.05, 3.63) is 44.7 Å². The number of nitrogen functional groups attached to an aromatic ring is 1. The number of primary amides is 1. The van der Waals surface area contributed by atoms with E-state index in [1.54, 1.807) is 18.5 Å². The quantitative estimate of drug-likeness (QED) is 0.0430. The number of pyridine rings is 1. The average Bonchev–Trinajstić information content (AvgIpc) is 3.35. The van der Waals surface area contributed by atoms with E-state index in [2.05, 4.69) is 25.8 Å². The Morgan fingerprint density at radius 3 is 2.72 bits per heavy atom. The fourth-order valence-electron chi connectivity index (χ4n) is 4.29. The first-order valence-corrected chi connectivity index (χ1v) is 17.5. The largest absolute Gasteiger partial charge is 0.477 e. The Morgan fingerprint density at radius 2 is 2.07 bits per heavy atom. The van der Waals surface area contributed by atoms with Crippen LogP contribution in [0.3, 0.4) is 0 Å². The Balaban J connectivity index is 1.37. The third-order valence-corrected chi connectivity index (χ3v) is 11.3. The van der Waals surface area contributed by atoms with Crippen molar-refractivity contribution in [1.82, 2.24) is 25.5 Å². The van der Waals surface area contributed by atoms with Crippen LogP contribution in [-0.4, -0.2) is 96.0 Å². The number of aliphatic carboxylic acids is 1. The van der Waals surface area contributed by atoms with Crippen LogP contribution in [-0.2, 0) is 29.7 Å². The molecule has 0 spiro atoms. The van der Waals surface area contributed by atoms with Crippen LogP contribution in [0.25, 0.3) is 0 Å². The summed E-state index contributed by atoms with van der Waals surface area (Å²) in [6.45, 7) is 0.341. The molecule has 0 bridgehead atoms. The van der Waals surface area contributed by atoms with Gasteiger partial charge in [-0.2, -0.15) is 11.8 Å². The Hall–Kier alpha value is -3.56. The van der Waals surface area contributed by atoms with Crippen molar-refractivity contribution >= 4 is 98.7 Å². The average molecular weight is 730 g/mol. The third kappa shape index (κ3) is 8.23. The summed E-state index contributed by atoms with van der Waals surface area (Å²) in [6, 6.07) is -0.172. The van der Waals surface area contributed by atoms with Crippen molar-refractivity contribution in [2.75, 3.05) is 23.8 Å². The number of oxime groups is 1. The van der Waals surface area contributed by atoms with Crippen LogP contribution < -0.4 is 27.8 Å². The molecule has 16 nitrogen and oxygen atoms in total. The summed E-state index contributed by atoms with van der Waals surface area (Å²) in [5.74, 6) is -2.50. The maximum absolute atomic E-state index is 13.1. The second-order valence-electron chi connectivity index (χ2n) is 9.60. The van der Waals surface area contributed by atoms with Gasteiger partial charge in [-0.25, -0.2) is 9.78 Å². The Labute approximate surface area is 283 Å². The first-order chi connectivity index (χ1) is 21.9. The van der Waals surface area contributed by atoms with Crippen LogP contribution in [0, 0.1) is 0 Å². The summed E-state index contributed by atoms with van der Waals surface area (Å²) in [5.41, 5.74) is 16.4. The molecule has 4 heterocycles. The number of carbonyl (C=O) groups is 5. The number of fused-ring (bicyclic) bond motifs is 1. The summed E-state index contributed by atoms with van der Waals surface area (Å²) in [5, 5.41) is 27.0. The van der Waals surface area contributed by atoms with Crippen molar-refractivity contribution in [3.63, 3.8) is 0 Å². The lowest BCUT2D eigenvalue weighted by atomic mass is 10.0. The van der Waals surface area contributed by atoms with Gasteiger partial charge in [0.2, 0.25) is 11.8 Å². The van der Waals surface area contributed by atoms with Gasteiger partial charge >= 0.3 is 5.97 Å². The smallest absolute Gasteiger partial charge is 0.353 e. The second kappa shape index (κ2) is 15.8. The number of β-lactam (4-membered cyclic amide) rings is 1. The number of anilines is 1. The Morgan fingerprint density at radius 1 is 1.30 bits per heavy atom. The monoisotopic (exact) mass is 729 g/mol. The van der Waals surface area contributed by atoms with Gasteiger partial charge in [-0.05, 0) is 18.1 Å². The Kier molecular flexibility index (Phi) is 12.1. The zero-order chi connectivity index (χ0) is 33.5. The molecular formula is C25H28ClN9O7S4. The van der Waals surface area contributed by atoms with Crippen LogP contribution in [0.15, 0.2) is 39.1 Å². The number of carboxylic acids is 1. The van der Waals surface area contributed by atoms with Gasteiger partial charge < -0.3 is 38.1 Å². The van der Waals surface area contributed by atoms with Gasteiger partial charge in [-0.15, -0.1) is 11.8 Å². The number of hydrogen-bond donors (Lipinski definition) is 7. The molecule has 10 N–H and O–H groups in total. The van der Waals surface area contributed by atoms with Gasteiger partial charge in [0.1, 0.15) is 27.1 Å². The van der Waals surface area contributed by atoms with E-state index in [0.29, 0.717) is 23.0 Å². The predicted molar refractivity (Wildman–Crippen MR) is 175 cm³/mol. The molecule has 1 saturated heterocycles. The number of rotatable bonds is 15. The maximum atomic E-state index is 13.1. The number of carboxylic acid groups (broad SMARTS) is 1. The predicted octanol–water partition coefficient (Wildman–Crippen LogP) is 0.383. The molecule has 0 saturated carbocycles. The van der Waals surface area contributed by atoms with Crippen LogP contribution in [0.4, 0.5) is 5.13 Å². The fourth-order valence-corrected chi connectivity index (χ4v) is 8.71. The number of nitrogens with one attached hydrogen (secondary N) is 2. The summed E-state index contributed by atoms with van der Waals surface area (Å²) in [4.78, 5) is 71.7. The fraction of sp³-hybridized carbons (Fsp3) is 0.360. The minimum absolute atomic E-state index is 0.0194. The summed E-state index contributed by atoms with van der Waals surface area (Å²) < 4.78 is 0.0194. The minimum Gasteiger partial charge on any atom is -0.477 e. The van der Waals surface area contributed by atoms with E-state index < -0.39 is 46.9 Å². The van der Waals surface area contributed by atoms with Gasteiger partial charge in [0.25, 0.3) is 11.8 Å². The highest BCUT2D eigenvalue weighted by Gasteiger charge is 2.54. The van der Waals surface area contributed by atoms with Gasteiger partial charge in [0, 0.05) is 52.4 Å². The summed E-state index contributed by atoms with van der Waals surface area (Å²) >= 11 is 10.9. The van der Waals surface area contributed by atoms with Crippen molar-refractivity contribution < 1.29 is 34.3 Å². The lowest BCUT2D eigenvalue weighted by molar-refractivity contribution is -0.150. The third-order valence-electron chi connectivity index (χ3n) is 6.50. The summed E-state index contributed by atoms with van der Waals surface area (Å²) in [6.07, 6.45) is 3.42. The Bertz CT molecular complexity index is 1600. The van der Waals surface area contributed by atoms with Crippen LogP contribution >= 0.6 is 58.2 Å². The molecule has 1 fully saturated rings. The molecule has 2 aromatic heterocycles. The zero-order valence-corrected chi connectivity index (χ0v) is 27.7. The van der Waals surface area contributed by atoms with E-state index >= 15 is 0 Å². The van der Waals surface area contributed by atoms with E-state index in [-0.39, 0.29) is 45.4 Å². The molecule has 1 unspecified atom stereocenters. The van der Waals surface area contributed by atoms with Crippen molar-refractivity contribution in [1.29, 1.82) is 0 Å². The molecule has 2 aliphatic heterocycles. The molecule has 0 radical (unpaired) electrons. The van der Waals surface area contributed by atoms with E-state index in [0.717, 1.165) is 26.7 Å². The van der Waals surface area contributed by atoms with E-state index in [1.165, 1.54) is 35.3 Å². The molecule has 3 atom stereocenters. The molecular weight excluding hydrogens is 702 g/mol. The van der Waals surface area contributed by atoms with E-state index in [4.69, 9.17) is 28.8 Å². The van der Waals surface area contributed by atoms with Crippen molar-refractivity contribution in [3.8, 4) is 0 Å². The molecule has 4 amide bonds. The van der Waals surface area contributed by atoms with Gasteiger partial charge in [0.05, 0.1) is 6.04 Å². The highest BCUT2D eigenvalue weighted by molar-refractivity contribution is 8.06. The number of aromatic nitrogens is 2. The minimum atomic E-state index is -1.30. The molecule has 21 heteroatoms. The van der Waals surface area contributed by atoms with Gasteiger partial charge in [-0.1, -0.05) is 39.9 Å². The second-order valence-corrected chi connectivity index (χ2v) is 14.6. The summed E-state index contributed by atoms with van der Waals surface area (Å²) in [7, 11) is 0. The van der Waals surface area contributed by atoms with Crippen LogP contribution in [0.5, 0.6) is 0 Å². The number of carbonyl (C=O) groups excluding carboxylic acids is 4. The highest BCUT2D eigenvalue weighted by Crippen LogP contribution is 2.46. The van der Waals surface area contributed by atoms with E-state index in [9.17, 15) is 34.3 Å². The molecule has 0 aliphatic carbocycles. The zero-order valence-electron chi connectivity index (χ0n) is 23.7. The maximum Gasteiger partial charge on any atom is 0.353 e. The lowest BCUT2D eigenvalue weighted by Crippen LogP contribution is -2.71. The molecule has 246 valence electrons. The van der Waals surface area contributed by atoms with Crippen molar-refractivity contribution in [2.45, 2.75) is 40.9 Å².